The van der Waals surface area contributed by atoms with E-state index in [9.17, 15) is 0 Å². The van der Waals surface area contributed by atoms with Gasteiger partial charge in [-0.15, -0.1) is 0 Å². The zero-order valence-corrected chi connectivity index (χ0v) is 14.4. The molecule has 124 valence electrons. The van der Waals surface area contributed by atoms with E-state index in [1.807, 2.05) is 6.20 Å². The molecule has 0 aliphatic rings. The van der Waals surface area contributed by atoms with Gasteiger partial charge in [-0.3, -0.25) is 0 Å². The average Bonchev–Trinajstić information content (AvgIpc) is 3.22. The van der Waals surface area contributed by atoms with Gasteiger partial charge in [0.25, 0.3) is 0 Å². The van der Waals surface area contributed by atoms with Gasteiger partial charge in [-0.05, 0) is 41.7 Å². The summed E-state index contributed by atoms with van der Waals surface area (Å²) < 4.78 is 0. The molecule has 0 spiro atoms. The lowest BCUT2D eigenvalue weighted by atomic mass is 9.75. The van der Waals surface area contributed by atoms with E-state index in [1.54, 1.807) is 6.33 Å². The Morgan fingerprint density at radius 3 is 2.44 bits per heavy atom. The average molecular weight is 326 g/mol. The van der Waals surface area contributed by atoms with E-state index in [4.69, 9.17) is 0 Å². The van der Waals surface area contributed by atoms with Gasteiger partial charge in [0.2, 0.25) is 0 Å². The number of benzene rings is 3. The molecule has 1 aromatic heterocycles. The molecule has 0 unspecified atom stereocenters. The fourth-order valence-electron chi connectivity index (χ4n) is 3.69. The van der Waals surface area contributed by atoms with Crippen LogP contribution in [0.5, 0.6) is 0 Å². The summed E-state index contributed by atoms with van der Waals surface area (Å²) in [5, 5.41) is 2.66. The molecule has 0 bridgehead atoms. The second kappa shape index (κ2) is 6.56. The van der Waals surface area contributed by atoms with E-state index in [0.29, 0.717) is 0 Å². The van der Waals surface area contributed by atoms with Crippen molar-refractivity contribution in [3.05, 3.63) is 102 Å². The van der Waals surface area contributed by atoms with Gasteiger partial charge in [0.05, 0.1) is 6.33 Å². The molecule has 0 radical (unpaired) electrons. The second-order valence-corrected chi connectivity index (χ2v) is 6.80. The van der Waals surface area contributed by atoms with Crippen molar-refractivity contribution in [2.45, 2.75) is 25.2 Å². The lowest BCUT2D eigenvalue weighted by Gasteiger charge is -2.29. The Kier molecular flexibility index (Phi) is 4.10. The summed E-state index contributed by atoms with van der Waals surface area (Å²) >= 11 is 0. The molecule has 0 saturated heterocycles. The summed E-state index contributed by atoms with van der Waals surface area (Å²) in [5.74, 6) is 0. The first-order valence-corrected chi connectivity index (χ1v) is 8.78. The monoisotopic (exact) mass is 326 g/mol. The van der Waals surface area contributed by atoms with Crippen LogP contribution in [0.25, 0.3) is 10.8 Å². The molecule has 0 fully saturated rings. The fraction of sp³-hybridized carbons (Fsp3) is 0.174. The number of nitrogens with zero attached hydrogens (tertiary/aromatic N) is 1. The third-order valence-corrected chi connectivity index (χ3v) is 5.28. The summed E-state index contributed by atoms with van der Waals surface area (Å²) in [6.45, 7) is 2.31. The molecular weight excluding hydrogens is 304 g/mol. The van der Waals surface area contributed by atoms with Gasteiger partial charge < -0.3 is 4.98 Å². The zero-order valence-electron chi connectivity index (χ0n) is 14.4. The van der Waals surface area contributed by atoms with Crippen LogP contribution in [-0.2, 0) is 11.8 Å². The SMILES string of the molecule is C[C@](CCc1cccc2ccccc12)(c1ccccc1)c1cnc[nH]1. The van der Waals surface area contributed by atoms with Crippen LogP contribution in [0.15, 0.2) is 85.3 Å². The normalized spacial score (nSPS) is 13.6. The highest BCUT2D eigenvalue weighted by Crippen LogP contribution is 2.35. The number of imidazole rings is 1. The number of H-pyrrole nitrogens is 1. The Labute approximate surface area is 148 Å². The van der Waals surface area contributed by atoms with Gasteiger partial charge in [0.1, 0.15) is 0 Å². The third-order valence-electron chi connectivity index (χ3n) is 5.28. The summed E-state index contributed by atoms with van der Waals surface area (Å²) in [7, 11) is 0. The van der Waals surface area contributed by atoms with Crippen LogP contribution < -0.4 is 0 Å². The van der Waals surface area contributed by atoms with Crippen LogP contribution in [0, 0.1) is 0 Å². The number of fused-ring (bicyclic) bond motifs is 1. The lowest BCUT2D eigenvalue weighted by molar-refractivity contribution is 0.508. The first-order chi connectivity index (χ1) is 12.3. The largest absolute Gasteiger partial charge is 0.348 e. The van der Waals surface area contributed by atoms with Crippen LogP contribution in [0.1, 0.15) is 30.2 Å². The van der Waals surface area contributed by atoms with Crippen molar-refractivity contribution >= 4 is 10.8 Å². The number of aryl methyl sites for hydroxylation is 1. The lowest BCUT2D eigenvalue weighted by Crippen LogP contribution is -2.25. The van der Waals surface area contributed by atoms with Crippen LogP contribution in [0.4, 0.5) is 0 Å². The number of nitrogens with one attached hydrogen (secondary N) is 1. The maximum absolute atomic E-state index is 4.26. The van der Waals surface area contributed by atoms with E-state index < -0.39 is 0 Å². The summed E-state index contributed by atoms with van der Waals surface area (Å²) in [5.41, 5.74) is 3.80. The Balaban J connectivity index is 1.70. The maximum Gasteiger partial charge on any atom is 0.0922 e. The molecular formula is C23H22N2. The highest BCUT2D eigenvalue weighted by molar-refractivity contribution is 5.85. The van der Waals surface area contributed by atoms with Gasteiger partial charge in [-0.1, -0.05) is 72.8 Å². The minimum Gasteiger partial charge on any atom is -0.348 e. The first-order valence-electron chi connectivity index (χ1n) is 8.78. The highest BCUT2D eigenvalue weighted by atomic mass is 14.9. The number of aromatic nitrogens is 2. The van der Waals surface area contributed by atoms with Crippen molar-refractivity contribution < 1.29 is 0 Å². The van der Waals surface area contributed by atoms with E-state index in [2.05, 4.69) is 89.7 Å². The molecule has 0 aliphatic heterocycles. The van der Waals surface area contributed by atoms with Gasteiger partial charge >= 0.3 is 0 Å². The molecule has 1 heterocycles. The van der Waals surface area contributed by atoms with E-state index in [0.717, 1.165) is 12.8 Å². The van der Waals surface area contributed by atoms with Crippen molar-refractivity contribution in [1.82, 2.24) is 9.97 Å². The number of rotatable bonds is 5. The maximum atomic E-state index is 4.26. The topological polar surface area (TPSA) is 28.7 Å². The summed E-state index contributed by atoms with van der Waals surface area (Å²) in [6.07, 6.45) is 5.77. The van der Waals surface area contributed by atoms with E-state index in [1.165, 1.54) is 27.6 Å². The van der Waals surface area contributed by atoms with Crippen molar-refractivity contribution in [2.75, 3.05) is 0 Å². The molecule has 4 aromatic rings. The van der Waals surface area contributed by atoms with Gasteiger partial charge in [0.15, 0.2) is 0 Å². The molecule has 2 heteroatoms. The fourth-order valence-corrected chi connectivity index (χ4v) is 3.69. The Bertz CT molecular complexity index is 952. The molecule has 0 amide bonds. The molecule has 1 N–H and O–H groups in total. The molecule has 3 aromatic carbocycles. The van der Waals surface area contributed by atoms with Gasteiger partial charge in [0, 0.05) is 17.3 Å². The zero-order chi connectivity index (χ0) is 17.1. The first kappa shape index (κ1) is 15.6. The highest BCUT2D eigenvalue weighted by Gasteiger charge is 2.30. The van der Waals surface area contributed by atoms with Gasteiger partial charge in [-0.25, -0.2) is 4.98 Å². The Morgan fingerprint density at radius 1 is 0.880 bits per heavy atom. The van der Waals surface area contributed by atoms with Crippen molar-refractivity contribution in [2.24, 2.45) is 0 Å². The summed E-state index contributed by atoms with van der Waals surface area (Å²) in [6, 6.07) is 25.9. The van der Waals surface area contributed by atoms with E-state index in [-0.39, 0.29) is 5.41 Å². The van der Waals surface area contributed by atoms with Crippen molar-refractivity contribution in [1.29, 1.82) is 0 Å². The molecule has 4 rings (SSSR count). The second-order valence-electron chi connectivity index (χ2n) is 6.80. The van der Waals surface area contributed by atoms with Crippen LogP contribution in [0.3, 0.4) is 0 Å². The van der Waals surface area contributed by atoms with E-state index >= 15 is 0 Å². The van der Waals surface area contributed by atoms with Crippen LogP contribution >= 0.6 is 0 Å². The van der Waals surface area contributed by atoms with Crippen molar-refractivity contribution in [3.63, 3.8) is 0 Å². The minimum absolute atomic E-state index is 0.0886. The Morgan fingerprint density at radius 2 is 1.64 bits per heavy atom. The minimum atomic E-state index is -0.0886. The van der Waals surface area contributed by atoms with Crippen LogP contribution in [-0.4, -0.2) is 9.97 Å². The van der Waals surface area contributed by atoms with Crippen LogP contribution in [0.2, 0.25) is 0 Å². The molecule has 25 heavy (non-hydrogen) atoms. The summed E-state index contributed by atoms with van der Waals surface area (Å²) in [4.78, 5) is 7.60. The standard InChI is InChI=1S/C23H22N2/c1-23(22-16-24-17-25-22,20-11-3-2-4-12-20)15-14-19-10-7-9-18-8-5-6-13-21(18)19/h2-13,16-17H,14-15H2,1H3,(H,24,25)/t23-/m0/s1. The molecule has 1 atom stereocenters. The number of aromatic amines is 1. The van der Waals surface area contributed by atoms with Gasteiger partial charge in [-0.2, -0.15) is 0 Å². The molecule has 2 nitrogen and oxygen atoms in total. The van der Waals surface area contributed by atoms with Crippen molar-refractivity contribution in [3.8, 4) is 0 Å². The smallest absolute Gasteiger partial charge is 0.0922 e. The molecule has 0 aliphatic carbocycles. The third kappa shape index (κ3) is 2.96. The Hall–Kier alpha value is -2.87. The molecule has 0 saturated carbocycles. The number of hydrogen-bond acceptors (Lipinski definition) is 1. The quantitative estimate of drug-likeness (QED) is 0.515. The predicted octanol–water partition coefficient (Wildman–Crippen LogP) is 5.50. The predicted molar refractivity (Wildman–Crippen MR) is 104 cm³/mol. The number of hydrogen-bond donors (Lipinski definition) is 1.